The Morgan fingerprint density at radius 2 is 1.50 bits per heavy atom. The normalized spacial score (nSPS) is 14.3. The number of hydrogen-bond acceptors (Lipinski definition) is 6. The molecular weight excluding hydrogens is 581 g/mol. The van der Waals surface area contributed by atoms with E-state index >= 15 is 0 Å². The molecule has 1 aliphatic heterocycles. The Hall–Kier alpha value is -3.76. The van der Waals surface area contributed by atoms with E-state index in [9.17, 15) is 47.9 Å². The van der Waals surface area contributed by atoms with Crippen molar-refractivity contribution in [3.8, 4) is 0 Å². The summed E-state index contributed by atoms with van der Waals surface area (Å²) >= 11 is 0. The van der Waals surface area contributed by atoms with Crippen LogP contribution in [0.2, 0.25) is 0 Å². The van der Waals surface area contributed by atoms with E-state index in [1.807, 2.05) is 0 Å². The highest BCUT2D eigenvalue weighted by Gasteiger charge is 2.39. The topological polar surface area (TPSA) is 78.4 Å². The van der Waals surface area contributed by atoms with Crippen LogP contribution >= 0.6 is 0 Å². The molecule has 3 aromatic rings. The van der Waals surface area contributed by atoms with Crippen molar-refractivity contribution >= 4 is 33.2 Å². The van der Waals surface area contributed by atoms with Gasteiger partial charge in [-0.2, -0.15) is 44.5 Å². The number of anilines is 4. The number of alkyl halides is 9. The average molecular weight is 599 g/mol. The summed E-state index contributed by atoms with van der Waals surface area (Å²) in [6.07, 6.45) is -14.0. The number of aromatic nitrogens is 2. The first-order valence-corrected chi connectivity index (χ1v) is 12.9. The van der Waals surface area contributed by atoms with Gasteiger partial charge in [-0.15, -0.1) is 0 Å². The van der Waals surface area contributed by atoms with Crippen molar-refractivity contribution in [1.82, 2.24) is 9.97 Å². The standard InChI is InChI=1S/C23H18F9N5O2S/c1-36(40(2,38)39)18-5-3-4-12-10-37(11-16(12)18)19-17(23(30,31)32)9-33-20(35-19)34-15-7-13(21(24,25)26)6-14(8-15)22(27,28)29/h3-9H,10-11H2,1-2H3,(H,33,34,35). The number of nitrogens with one attached hydrogen (secondary N) is 1. The molecule has 0 saturated carbocycles. The second-order valence-corrected chi connectivity index (χ2v) is 10.9. The summed E-state index contributed by atoms with van der Waals surface area (Å²) in [5.74, 6) is -1.41. The molecule has 0 radical (unpaired) electrons. The van der Waals surface area contributed by atoms with Crippen LogP contribution in [0.4, 0.5) is 62.7 Å². The third kappa shape index (κ3) is 6.03. The molecule has 7 nitrogen and oxygen atoms in total. The maximum atomic E-state index is 13.9. The molecule has 0 bridgehead atoms. The first-order valence-electron chi connectivity index (χ1n) is 11.1. The van der Waals surface area contributed by atoms with Crippen molar-refractivity contribution in [3.05, 3.63) is 70.4 Å². The Balaban J connectivity index is 1.76. The van der Waals surface area contributed by atoms with Gasteiger partial charge in [0.1, 0.15) is 11.4 Å². The molecule has 4 rings (SSSR count). The van der Waals surface area contributed by atoms with Gasteiger partial charge in [0, 0.05) is 37.6 Å². The lowest BCUT2D eigenvalue weighted by Gasteiger charge is -2.23. The Morgan fingerprint density at radius 3 is 2.02 bits per heavy atom. The van der Waals surface area contributed by atoms with E-state index in [0.717, 1.165) is 15.5 Å². The molecular formula is C23H18F9N5O2S. The molecule has 216 valence electrons. The number of rotatable bonds is 5. The lowest BCUT2D eigenvalue weighted by Crippen LogP contribution is -2.26. The minimum absolute atomic E-state index is 0.100. The Morgan fingerprint density at radius 1 is 0.900 bits per heavy atom. The minimum atomic E-state index is -5.15. The fourth-order valence-electron chi connectivity index (χ4n) is 4.06. The van der Waals surface area contributed by atoms with Gasteiger partial charge in [-0.25, -0.2) is 13.4 Å². The number of halogens is 9. The number of hydrogen-bond donors (Lipinski definition) is 1. The third-order valence-corrected chi connectivity index (χ3v) is 7.20. The van der Waals surface area contributed by atoms with Crippen LogP contribution in [-0.2, 0) is 41.6 Å². The summed E-state index contributed by atoms with van der Waals surface area (Å²) < 4.78 is 146. The van der Waals surface area contributed by atoms with Gasteiger partial charge in [-0.05, 0) is 29.8 Å². The molecule has 0 saturated heterocycles. The SMILES string of the molecule is CN(c1cccc2c1CN(c1nc(Nc3cc(C(F)(F)F)cc(C(F)(F)F)c3)ncc1C(F)(F)F)C2)S(C)(=O)=O. The van der Waals surface area contributed by atoms with E-state index in [-0.39, 0.29) is 24.8 Å². The van der Waals surface area contributed by atoms with E-state index in [0.29, 0.717) is 29.5 Å². The largest absolute Gasteiger partial charge is 0.421 e. The van der Waals surface area contributed by atoms with E-state index in [4.69, 9.17) is 0 Å². The molecule has 2 aromatic carbocycles. The first-order chi connectivity index (χ1) is 18.2. The summed E-state index contributed by atoms with van der Waals surface area (Å²) in [4.78, 5) is 8.41. The fourth-order valence-corrected chi connectivity index (χ4v) is 4.59. The fraction of sp³-hybridized carbons (Fsp3) is 0.304. The Labute approximate surface area is 221 Å². The van der Waals surface area contributed by atoms with Gasteiger partial charge >= 0.3 is 18.5 Å². The highest BCUT2D eigenvalue weighted by Crippen LogP contribution is 2.42. The second-order valence-electron chi connectivity index (χ2n) is 8.85. The highest BCUT2D eigenvalue weighted by molar-refractivity contribution is 7.92. The maximum absolute atomic E-state index is 13.9. The van der Waals surface area contributed by atoms with E-state index < -0.39 is 62.7 Å². The number of sulfonamides is 1. The van der Waals surface area contributed by atoms with Crippen molar-refractivity contribution in [3.63, 3.8) is 0 Å². The van der Waals surface area contributed by atoms with Gasteiger partial charge in [0.2, 0.25) is 16.0 Å². The van der Waals surface area contributed by atoms with Crippen molar-refractivity contribution < 1.29 is 47.9 Å². The van der Waals surface area contributed by atoms with Crippen LogP contribution in [0.1, 0.15) is 27.8 Å². The van der Waals surface area contributed by atoms with Crippen molar-refractivity contribution in [2.24, 2.45) is 0 Å². The average Bonchev–Trinajstić information content (AvgIpc) is 3.25. The van der Waals surface area contributed by atoms with Gasteiger partial charge in [0.15, 0.2) is 0 Å². The molecule has 0 atom stereocenters. The summed E-state index contributed by atoms with van der Waals surface area (Å²) in [7, 11) is -2.45. The van der Waals surface area contributed by atoms with Crippen LogP contribution in [0.3, 0.4) is 0 Å². The zero-order valence-corrected chi connectivity index (χ0v) is 21.2. The van der Waals surface area contributed by atoms with Crippen LogP contribution in [0, 0.1) is 0 Å². The molecule has 1 aromatic heterocycles. The van der Waals surface area contributed by atoms with Crippen LogP contribution < -0.4 is 14.5 Å². The Bertz CT molecular complexity index is 1520. The number of benzene rings is 2. The second kappa shape index (κ2) is 9.71. The Kier molecular flexibility index (Phi) is 7.09. The van der Waals surface area contributed by atoms with Gasteiger partial charge in [-0.3, -0.25) is 4.31 Å². The molecule has 40 heavy (non-hydrogen) atoms. The van der Waals surface area contributed by atoms with E-state index in [1.54, 1.807) is 6.07 Å². The van der Waals surface area contributed by atoms with E-state index in [2.05, 4.69) is 15.3 Å². The predicted molar refractivity (Wildman–Crippen MR) is 126 cm³/mol. The summed E-state index contributed by atoms with van der Waals surface area (Å²) in [6, 6.07) is 5.14. The third-order valence-electron chi connectivity index (χ3n) is 6.01. The minimum Gasteiger partial charge on any atom is -0.347 e. The summed E-state index contributed by atoms with van der Waals surface area (Å²) in [6.45, 7) is -0.380. The van der Waals surface area contributed by atoms with E-state index in [1.165, 1.54) is 19.2 Å². The van der Waals surface area contributed by atoms with Crippen molar-refractivity contribution in [2.75, 3.05) is 27.8 Å². The lowest BCUT2D eigenvalue weighted by atomic mass is 10.1. The molecule has 0 amide bonds. The van der Waals surface area contributed by atoms with Crippen molar-refractivity contribution in [1.29, 1.82) is 0 Å². The summed E-state index contributed by atoms with van der Waals surface area (Å²) in [5.41, 5.74) is -4.26. The zero-order chi connectivity index (χ0) is 29.8. The van der Waals surface area contributed by atoms with Gasteiger partial charge in [0.05, 0.1) is 23.1 Å². The molecule has 2 heterocycles. The molecule has 0 fully saturated rings. The van der Waals surface area contributed by atoms with Crippen LogP contribution in [0.25, 0.3) is 0 Å². The molecule has 0 spiro atoms. The van der Waals surface area contributed by atoms with Gasteiger partial charge in [0.25, 0.3) is 0 Å². The van der Waals surface area contributed by atoms with Crippen LogP contribution in [0.5, 0.6) is 0 Å². The van der Waals surface area contributed by atoms with Gasteiger partial charge in [-0.1, -0.05) is 12.1 Å². The predicted octanol–water partition coefficient (Wildman–Crippen LogP) is 6.19. The number of fused-ring (bicyclic) bond motifs is 1. The zero-order valence-electron chi connectivity index (χ0n) is 20.4. The molecule has 17 heteroatoms. The molecule has 0 unspecified atom stereocenters. The highest BCUT2D eigenvalue weighted by atomic mass is 32.2. The molecule has 0 aliphatic carbocycles. The van der Waals surface area contributed by atoms with Crippen LogP contribution in [-0.4, -0.2) is 31.7 Å². The quantitative estimate of drug-likeness (QED) is 0.353. The maximum Gasteiger partial charge on any atom is 0.421 e. The van der Waals surface area contributed by atoms with Gasteiger partial charge < -0.3 is 10.2 Å². The lowest BCUT2D eigenvalue weighted by molar-refractivity contribution is -0.143. The van der Waals surface area contributed by atoms with Crippen molar-refractivity contribution in [2.45, 2.75) is 31.6 Å². The van der Waals surface area contributed by atoms with Crippen LogP contribution in [0.15, 0.2) is 42.6 Å². The molecule has 1 N–H and O–H groups in total. The monoisotopic (exact) mass is 599 g/mol. The molecule has 1 aliphatic rings. The first kappa shape index (κ1) is 29.2. The number of nitrogens with zero attached hydrogens (tertiary/aromatic N) is 4. The smallest absolute Gasteiger partial charge is 0.347 e. The summed E-state index contributed by atoms with van der Waals surface area (Å²) in [5, 5.41) is 2.14.